The van der Waals surface area contributed by atoms with Gasteiger partial charge in [0.1, 0.15) is 0 Å². The molecule has 1 N–H and O–H groups in total. The average Bonchev–Trinajstić information content (AvgIpc) is 2.26. The van der Waals surface area contributed by atoms with Crippen LogP contribution in [-0.2, 0) is 9.59 Å². The number of likely N-dealkylation sites (tertiary alicyclic amines) is 1. The Morgan fingerprint density at radius 1 is 1.67 bits per heavy atom. The maximum Gasteiger partial charge on any atom is 0.243 e. The standard InChI is InChI=1S/C11H18N2O2/c1-3-10(14)12-8-9(2)13-7-5-4-6-11(13)15/h3,9H,1,4-8H2,2H3,(H,12,14). The molecule has 1 unspecified atom stereocenters. The fourth-order valence-corrected chi connectivity index (χ4v) is 1.72. The number of rotatable bonds is 4. The number of nitrogens with one attached hydrogen (secondary N) is 1. The lowest BCUT2D eigenvalue weighted by Crippen LogP contribution is -2.47. The number of hydrogen-bond acceptors (Lipinski definition) is 2. The van der Waals surface area contributed by atoms with Crippen molar-refractivity contribution >= 4 is 11.8 Å². The van der Waals surface area contributed by atoms with Gasteiger partial charge in [0, 0.05) is 25.6 Å². The first-order valence-electron chi connectivity index (χ1n) is 5.35. The van der Waals surface area contributed by atoms with Crippen molar-refractivity contribution in [3.05, 3.63) is 12.7 Å². The summed E-state index contributed by atoms with van der Waals surface area (Å²) in [6.45, 7) is 6.63. The first-order valence-corrected chi connectivity index (χ1v) is 5.35. The zero-order valence-corrected chi connectivity index (χ0v) is 9.16. The third-order valence-corrected chi connectivity index (χ3v) is 2.65. The molecule has 1 aliphatic heterocycles. The minimum atomic E-state index is -0.189. The molecule has 0 aromatic rings. The number of amides is 2. The van der Waals surface area contributed by atoms with Crippen molar-refractivity contribution in [3.8, 4) is 0 Å². The third kappa shape index (κ3) is 3.38. The molecule has 1 atom stereocenters. The monoisotopic (exact) mass is 210 g/mol. The summed E-state index contributed by atoms with van der Waals surface area (Å²) in [6.07, 6.45) is 3.93. The Morgan fingerprint density at radius 2 is 2.40 bits per heavy atom. The van der Waals surface area contributed by atoms with E-state index in [2.05, 4.69) is 11.9 Å². The van der Waals surface area contributed by atoms with Crippen molar-refractivity contribution in [2.75, 3.05) is 13.1 Å². The van der Waals surface area contributed by atoms with Gasteiger partial charge in [-0.05, 0) is 25.8 Å². The molecular formula is C11H18N2O2. The summed E-state index contributed by atoms with van der Waals surface area (Å²) in [5.41, 5.74) is 0. The second kappa shape index (κ2) is 5.53. The normalized spacial score (nSPS) is 18.5. The van der Waals surface area contributed by atoms with E-state index >= 15 is 0 Å². The molecule has 2 amide bonds. The highest BCUT2D eigenvalue weighted by Crippen LogP contribution is 2.13. The molecule has 0 aromatic heterocycles. The van der Waals surface area contributed by atoms with Gasteiger partial charge in [-0.3, -0.25) is 9.59 Å². The van der Waals surface area contributed by atoms with Gasteiger partial charge in [-0.25, -0.2) is 0 Å². The molecule has 15 heavy (non-hydrogen) atoms. The topological polar surface area (TPSA) is 49.4 Å². The van der Waals surface area contributed by atoms with Crippen LogP contribution >= 0.6 is 0 Å². The first-order chi connectivity index (χ1) is 7.15. The average molecular weight is 210 g/mol. The van der Waals surface area contributed by atoms with Crippen LogP contribution in [0.5, 0.6) is 0 Å². The summed E-state index contributed by atoms with van der Waals surface area (Å²) >= 11 is 0. The maximum atomic E-state index is 11.5. The van der Waals surface area contributed by atoms with E-state index in [4.69, 9.17) is 0 Å². The van der Waals surface area contributed by atoms with Crippen molar-refractivity contribution in [2.45, 2.75) is 32.2 Å². The molecule has 1 heterocycles. The zero-order valence-electron chi connectivity index (χ0n) is 9.16. The number of nitrogens with zero attached hydrogens (tertiary/aromatic N) is 1. The SMILES string of the molecule is C=CC(=O)NCC(C)N1CCCCC1=O. The molecule has 4 heteroatoms. The summed E-state index contributed by atoms with van der Waals surface area (Å²) < 4.78 is 0. The predicted octanol–water partition coefficient (Wildman–Crippen LogP) is 0.690. The lowest BCUT2D eigenvalue weighted by molar-refractivity contribution is -0.135. The van der Waals surface area contributed by atoms with Crippen molar-refractivity contribution in [3.63, 3.8) is 0 Å². The van der Waals surface area contributed by atoms with Crippen LogP contribution in [0.3, 0.4) is 0 Å². The highest BCUT2D eigenvalue weighted by atomic mass is 16.2. The van der Waals surface area contributed by atoms with Crippen molar-refractivity contribution in [1.82, 2.24) is 10.2 Å². The van der Waals surface area contributed by atoms with Crippen LogP contribution in [0.1, 0.15) is 26.2 Å². The summed E-state index contributed by atoms with van der Waals surface area (Å²) in [4.78, 5) is 24.3. The summed E-state index contributed by atoms with van der Waals surface area (Å²) in [5.74, 6) is 0.00732. The Morgan fingerprint density at radius 3 is 3.00 bits per heavy atom. The van der Waals surface area contributed by atoms with Crippen LogP contribution in [0, 0.1) is 0 Å². The molecule has 0 aromatic carbocycles. The van der Waals surface area contributed by atoms with Crippen molar-refractivity contribution < 1.29 is 9.59 Å². The third-order valence-electron chi connectivity index (χ3n) is 2.65. The van der Waals surface area contributed by atoms with E-state index in [1.165, 1.54) is 6.08 Å². The molecular weight excluding hydrogens is 192 g/mol. The van der Waals surface area contributed by atoms with Crippen molar-refractivity contribution in [1.29, 1.82) is 0 Å². The lowest BCUT2D eigenvalue weighted by atomic mass is 10.1. The molecule has 0 bridgehead atoms. The predicted molar refractivity (Wildman–Crippen MR) is 58.2 cm³/mol. The van der Waals surface area contributed by atoms with Gasteiger partial charge in [0.05, 0.1) is 0 Å². The lowest BCUT2D eigenvalue weighted by Gasteiger charge is -2.32. The molecule has 0 spiro atoms. The Hall–Kier alpha value is -1.32. The maximum absolute atomic E-state index is 11.5. The van der Waals surface area contributed by atoms with Gasteiger partial charge in [0.2, 0.25) is 11.8 Å². The molecule has 4 nitrogen and oxygen atoms in total. The number of hydrogen-bond donors (Lipinski definition) is 1. The summed E-state index contributed by atoms with van der Waals surface area (Å²) in [6, 6.07) is 0.0710. The second-order valence-corrected chi connectivity index (χ2v) is 3.84. The van der Waals surface area contributed by atoms with Crippen LogP contribution in [0.2, 0.25) is 0 Å². The van der Waals surface area contributed by atoms with Gasteiger partial charge in [-0.1, -0.05) is 6.58 Å². The molecule has 0 radical (unpaired) electrons. The fraction of sp³-hybridized carbons (Fsp3) is 0.636. The minimum Gasteiger partial charge on any atom is -0.351 e. The van der Waals surface area contributed by atoms with E-state index < -0.39 is 0 Å². The Kier molecular flexibility index (Phi) is 4.34. The number of piperidine rings is 1. The largest absolute Gasteiger partial charge is 0.351 e. The molecule has 1 fully saturated rings. The number of carbonyl (C=O) groups is 2. The molecule has 0 saturated carbocycles. The second-order valence-electron chi connectivity index (χ2n) is 3.84. The Balaban J connectivity index is 2.37. The van der Waals surface area contributed by atoms with E-state index in [0.717, 1.165) is 19.4 Å². The molecule has 0 aliphatic carbocycles. The van der Waals surface area contributed by atoms with E-state index in [1.807, 2.05) is 11.8 Å². The smallest absolute Gasteiger partial charge is 0.243 e. The van der Waals surface area contributed by atoms with Gasteiger partial charge < -0.3 is 10.2 Å². The fourth-order valence-electron chi connectivity index (χ4n) is 1.72. The van der Waals surface area contributed by atoms with E-state index in [0.29, 0.717) is 13.0 Å². The van der Waals surface area contributed by atoms with Gasteiger partial charge in [0.15, 0.2) is 0 Å². The van der Waals surface area contributed by atoms with Crippen LogP contribution in [0.15, 0.2) is 12.7 Å². The Labute approximate surface area is 90.3 Å². The van der Waals surface area contributed by atoms with Gasteiger partial charge in [-0.15, -0.1) is 0 Å². The molecule has 84 valence electrons. The van der Waals surface area contributed by atoms with Crippen LogP contribution in [0.4, 0.5) is 0 Å². The molecule has 1 saturated heterocycles. The highest BCUT2D eigenvalue weighted by Gasteiger charge is 2.22. The quantitative estimate of drug-likeness (QED) is 0.694. The van der Waals surface area contributed by atoms with Gasteiger partial charge in [0.25, 0.3) is 0 Å². The van der Waals surface area contributed by atoms with Gasteiger partial charge >= 0.3 is 0 Å². The van der Waals surface area contributed by atoms with Crippen LogP contribution in [0.25, 0.3) is 0 Å². The van der Waals surface area contributed by atoms with E-state index in [-0.39, 0.29) is 17.9 Å². The van der Waals surface area contributed by atoms with E-state index in [1.54, 1.807) is 0 Å². The van der Waals surface area contributed by atoms with Crippen molar-refractivity contribution in [2.24, 2.45) is 0 Å². The Bertz CT molecular complexity index is 263. The van der Waals surface area contributed by atoms with Crippen LogP contribution < -0.4 is 5.32 Å². The summed E-state index contributed by atoms with van der Waals surface area (Å²) in [7, 11) is 0. The zero-order chi connectivity index (χ0) is 11.3. The summed E-state index contributed by atoms with van der Waals surface area (Å²) in [5, 5.41) is 2.70. The van der Waals surface area contributed by atoms with Gasteiger partial charge in [-0.2, -0.15) is 0 Å². The minimum absolute atomic E-state index is 0.0710. The van der Waals surface area contributed by atoms with Crippen LogP contribution in [-0.4, -0.2) is 35.8 Å². The number of carbonyl (C=O) groups excluding carboxylic acids is 2. The molecule has 1 rings (SSSR count). The first kappa shape index (κ1) is 11.8. The highest BCUT2D eigenvalue weighted by molar-refractivity contribution is 5.86. The van der Waals surface area contributed by atoms with E-state index in [9.17, 15) is 9.59 Å². The molecule has 1 aliphatic rings.